The topological polar surface area (TPSA) is 142 Å². The first kappa shape index (κ1) is 22.7. The molecule has 13 heteroatoms. The van der Waals surface area contributed by atoms with E-state index in [2.05, 4.69) is 10.1 Å². The lowest BCUT2D eigenvalue weighted by molar-refractivity contribution is -0.387. The maximum atomic E-state index is 12.4. The van der Waals surface area contributed by atoms with Crippen LogP contribution >= 0.6 is 0 Å². The Kier molecular flexibility index (Phi) is 7.00. The monoisotopic (exact) mass is 444 g/mol. The van der Waals surface area contributed by atoms with E-state index in [0.29, 0.717) is 6.07 Å². The van der Waals surface area contributed by atoms with Crippen LogP contribution in [0.25, 0.3) is 0 Å². The number of anilines is 1. The highest BCUT2D eigenvalue weighted by Crippen LogP contribution is 2.26. The zero-order valence-electron chi connectivity index (χ0n) is 15.2. The van der Waals surface area contributed by atoms with Gasteiger partial charge in [0.05, 0.1) is 16.2 Å². The molecule has 0 saturated heterocycles. The molecule has 160 valence electrons. The first-order valence-electron chi connectivity index (χ1n) is 7.98. The van der Waals surface area contributed by atoms with E-state index < -0.39 is 50.4 Å². The van der Waals surface area contributed by atoms with Crippen LogP contribution in [0, 0.1) is 10.1 Å². The molecule has 0 fully saturated rings. The van der Waals surface area contributed by atoms with Gasteiger partial charge in [0, 0.05) is 12.3 Å². The predicted molar refractivity (Wildman–Crippen MR) is 98.2 cm³/mol. The highest BCUT2D eigenvalue weighted by atomic mass is 32.2. The van der Waals surface area contributed by atoms with Crippen molar-refractivity contribution in [2.75, 3.05) is 18.2 Å². The first-order chi connectivity index (χ1) is 14.0. The number of hydrogen-bond donors (Lipinski definition) is 1. The van der Waals surface area contributed by atoms with Crippen LogP contribution in [-0.4, -0.2) is 44.7 Å². The van der Waals surface area contributed by atoms with E-state index in [1.165, 1.54) is 24.3 Å². The van der Waals surface area contributed by atoms with Crippen molar-refractivity contribution in [3.05, 3.63) is 58.1 Å². The van der Waals surface area contributed by atoms with Gasteiger partial charge in [-0.05, 0) is 24.3 Å². The number of nitro groups is 1. The van der Waals surface area contributed by atoms with Crippen LogP contribution < -0.4 is 10.1 Å². The number of rotatable bonds is 8. The number of para-hydroxylation sites is 2. The molecule has 0 aliphatic heterocycles. The van der Waals surface area contributed by atoms with Gasteiger partial charge < -0.3 is 14.8 Å². The molecule has 10 nitrogen and oxygen atoms in total. The van der Waals surface area contributed by atoms with E-state index in [1.807, 2.05) is 0 Å². The molecule has 0 heterocycles. The van der Waals surface area contributed by atoms with Crippen LogP contribution in [0.5, 0.6) is 5.75 Å². The zero-order chi connectivity index (χ0) is 22.5. The summed E-state index contributed by atoms with van der Waals surface area (Å²) < 4.78 is 56.9. The average Bonchev–Trinajstić information content (AvgIpc) is 2.66. The van der Waals surface area contributed by atoms with Gasteiger partial charge in [0.2, 0.25) is 0 Å². The molecule has 0 saturated carbocycles. The average molecular weight is 444 g/mol. The zero-order valence-corrected chi connectivity index (χ0v) is 16.0. The van der Waals surface area contributed by atoms with Crippen molar-refractivity contribution in [1.82, 2.24) is 0 Å². The Balaban J connectivity index is 2.08. The minimum atomic E-state index is -3.92. The van der Waals surface area contributed by atoms with Crippen LogP contribution in [0.4, 0.5) is 20.2 Å². The molecule has 1 N–H and O–H groups in total. The van der Waals surface area contributed by atoms with Crippen molar-refractivity contribution in [2.45, 2.75) is 11.5 Å². The molecule has 0 atom stereocenters. The Bertz CT molecular complexity index is 1090. The summed E-state index contributed by atoms with van der Waals surface area (Å²) >= 11 is 0. The van der Waals surface area contributed by atoms with Gasteiger partial charge in [-0.15, -0.1) is 0 Å². The lowest BCUT2D eigenvalue weighted by Crippen LogP contribution is -2.21. The number of nitro benzene ring substituents is 1. The number of benzene rings is 2. The molecule has 0 spiro atoms. The van der Waals surface area contributed by atoms with E-state index in [-0.39, 0.29) is 17.0 Å². The quantitative estimate of drug-likeness (QED) is 0.372. The number of alkyl halides is 2. The highest BCUT2D eigenvalue weighted by molar-refractivity contribution is 7.90. The number of hydrogen-bond acceptors (Lipinski definition) is 8. The van der Waals surface area contributed by atoms with Gasteiger partial charge >= 0.3 is 12.6 Å². The first-order valence-corrected chi connectivity index (χ1v) is 9.87. The number of nitrogens with one attached hydrogen (secondary N) is 1. The van der Waals surface area contributed by atoms with Crippen LogP contribution in [0.2, 0.25) is 0 Å². The van der Waals surface area contributed by atoms with Gasteiger partial charge in [-0.25, -0.2) is 13.2 Å². The summed E-state index contributed by atoms with van der Waals surface area (Å²) in [6, 6.07) is 7.91. The number of carbonyl (C=O) groups is 2. The van der Waals surface area contributed by atoms with Crippen molar-refractivity contribution in [3.8, 4) is 5.75 Å². The molecular weight excluding hydrogens is 430 g/mol. The Labute approximate surface area is 168 Å². The van der Waals surface area contributed by atoms with Crippen molar-refractivity contribution in [2.24, 2.45) is 0 Å². The fourth-order valence-corrected chi connectivity index (χ4v) is 3.10. The van der Waals surface area contributed by atoms with E-state index in [0.717, 1.165) is 18.4 Å². The molecule has 1 amide bonds. The number of esters is 1. The van der Waals surface area contributed by atoms with Crippen molar-refractivity contribution in [1.29, 1.82) is 0 Å². The number of nitrogens with zero attached hydrogens (tertiary/aromatic N) is 1. The third-order valence-corrected chi connectivity index (χ3v) is 4.65. The highest BCUT2D eigenvalue weighted by Gasteiger charge is 2.24. The summed E-state index contributed by atoms with van der Waals surface area (Å²) in [4.78, 5) is 33.5. The molecule has 0 bridgehead atoms. The van der Waals surface area contributed by atoms with Crippen LogP contribution in [-0.2, 0) is 19.4 Å². The number of halogens is 2. The van der Waals surface area contributed by atoms with Crippen LogP contribution in [0.1, 0.15) is 10.4 Å². The minimum absolute atomic E-state index is 0.0907. The number of amides is 1. The molecule has 30 heavy (non-hydrogen) atoms. The Hall–Kier alpha value is -3.61. The van der Waals surface area contributed by atoms with Gasteiger partial charge in [0.1, 0.15) is 10.6 Å². The second kappa shape index (κ2) is 9.26. The molecule has 0 aromatic heterocycles. The standard InChI is InChI=1S/C17H14F2N2O8S/c1-30(26,27)14-7-6-10(8-12(14)21(24)25)16(23)28-9-15(22)20-11-4-2-3-5-13(11)29-17(18)19/h2-8,17H,9H2,1H3,(H,20,22). The summed E-state index contributed by atoms with van der Waals surface area (Å²) in [5.41, 5.74) is -1.27. The van der Waals surface area contributed by atoms with Crippen LogP contribution in [0.15, 0.2) is 47.4 Å². The number of sulfone groups is 1. The lowest BCUT2D eigenvalue weighted by atomic mass is 10.2. The van der Waals surface area contributed by atoms with Gasteiger partial charge in [-0.2, -0.15) is 8.78 Å². The molecule has 0 aliphatic rings. The number of ether oxygens (including phenoxy) is 2. The third-order valence-electron chi connectivity index (χ3n) is 3.50. The summed E-state index contributed by atoms with van der Waals surface area (Å²) in [6.07, 6.45) is 0.771. The molecular formula is C17H14F2N2O8S. The molecule has 0 aliphatic carbocycles. The van der Waals surface area contributed by atoms with E-state index in [4.69, 9.17) is 4.74 Å². The van der Waals surface area contributed by atoms with E-state index in [1.54, 1.807) is 0 Å². The van der Waals surface area contributed by atoms with Crippen molar-refractivity contribution < 1.29 is 41.2 Å². The van der Waals surface area contributed by atoms with Crippen molar-refractivity contribution in [3.63, 3.8) is 0 Å². The second-order valence-electron chi connectivity index (χ2n) is 5.71. The predicted octanol–water partition coefficient (Wildman–Crippen LogP) is 2.40. The smallest absolute Gasteiger partial charge is 0.387 e. The van der Waals surface area contributed by atoms with E-state index in [9.17, 15) is 36.9 Å². The number of carbonyl (C=O) groups excluding carboxylic acids is 2. The maximum absolute atomic E-state index is 12.4. The SMILES string of the molecule is CS(=O)(=O)c1ccc(C(=O)OCC(=O)Nc2ccccc2OC(F)F)cc1[N+](=O)[O-]. The summed E-state index contributed by atoms with van der Waals surface area (Å²) in [7, 11) is -3.92. The van der Waals surface area contributed by atoms with Gasteiger partial charge in [-0.1, -0.05) is 12.1 Å². The summed E-state index contributed by atoms with van der Waals surface area (Å²) in [6.45, 7) is -3.96. The van der Waals surface area contributed by atoms with Gasteiger partial charge in [-0.3, -0.25) is 14.9 Å². The Morgan fingerprint density at radius 3 is 2.47 bits per heavy atom. The molecule has 2 aromatic carbocycles. The van der Waals surface area contributed by atoms with Crippen LogP contribution in [0.3, 0.4) is 0 Å². The Morgan fingerprint density at radius 2 is 1.87 bits per heavy atom. The molecule has 0 radical (unpaired) electrons. The second-order valence-corrected chi connectivity index (χ2v) is 7.69. The summed E-state index contributed by atoms with van der Waals surface area (Å²) in [5, 5.41) is 13.3. The minimum Gasteiger partial charge on any atom is -0.452 e. The Morgan fingerprint density at radius 1 is 1.20 bits per heavy atom. The fraction of sp³-hybridized carbons (Fsp3) is 0.176. The maximum Gasteiger partial charge on any atom is 0.387 e. The van der Waals surface area contributed by atoms with Crippen molar-refractivity contribution >= 4 is 33.1 Å². The molecule has 2 aromatic rings. The molecule has 0 unspecified atom stereocenters. The fourth-order valence-electron chi connectivity index (χ4n) is 2.27. The normalized spacial score (nSPS) is 11.1. The summed E-state index contributed by atoms with van der Waals surface area (Å²) in [5.74, 6) is -2.33. The largest absolute Gasteiger partial charge is 0.452 e. The van der Waals surface area contributed by atoms with Gasteiger partial charge in [0.15, 0.2) is 16.4 Å². The van der Waals surface area contributed by atoms with Gasteiger partial charge in [0.25, 0.3) is 11.6 Å². The lowest BCUT2D eigenvalue weighted by Gasteiger charge is -2.11. The third kappa shape index (κ3) is 5.94. The van der Waals surface area contributed by atoms with E-state index >= 15 is 0 Å². The molecule has 2 rings (SSSR count).